The van der Waals surface area contributed by atoms with Crippen LogP contribution in [0.5, 0.6) is 0 Å². The van der Waals surface area contributed by atoms with Gasteiger partial charge in [-0.2, -0.15) is 0 Å². The first kappa shape index (κ1) is 18.2. The highest BCUT2D eigenvalue weighted by molar-refractivity contribution is 5.83. The highest BCUT2D eigenvalue weighted by Crippen LogP contribution is 2.04. The molecule has 7 nitrogen and oxygen atoms in total. The molecule has 5 N–H and O–H groups in total. The van der Waals surface area contributed by atoms with E-state index < -0.39 is 18.0 Å². The largest absolute Gasteiger partial charge is 0.480 e. The lowest BCUT2D eigenvalue weighted by molar-refractivity contribution is -0.142. The van der Waals surface area contributed by atoms with Gasteiger partial charge < -0.3 is 21.5 Å². The van der Waals surface area contributed by atoms with Crippen molar-refractivity contribution in [2.45, 2.75) is 57.9 Å². The molecule has 0 saturated heterocycles. The molecule has 0 rings (SSSR count). The summed E-state index contributed by atoms with van der Waals surface area (Å²) in [5.74, 6) is -1.30. The van der Waals surface area contributed by atoms with Crippen LogP contribution in [0.3, 0.4) is 0 Å². The molecule has 20 heavy (non-hydrogen) atoms. The molecular weight excluding hydrogens is 262 g/mol. The molecule has 0 aromatic heterocycles. The molecule has 1 atom stereocenters. The van der Waals surface area contributed by atoms with Crippen LogP contribution in [0.15, 0.2) is 0 Å². The van der Waals surface area contributed by atoms with Crippen molar-refractivity contribution in [1.82, 2.24) is 10.6 Å². The number of hydrogen-bond acceptors (Lipinski definition) is 3. The van der Waals surface area contributed by atoms with Crippen molar-refractivity contribution in [3.63, 3.8) is 0 Å². The van der Waals surface area contributed by atoms with Gasteiger partial charge in [0.2, 0.25) is 5.91 Å². The lowest BCUT2D eigenvalue weighted by Crippen LogP contribution is -2.41. The fourth-order valence-electron chi connectivity index (χ4n) is 1.75. The summed E-state index contributed by atoms with van der Waals surface area (Å²) in [7, 11) is 0. The van der Waals surface area contributed by atoms with Crippen LogP contribution in [0.4, 0.5) is 4.79 Å². The van der Waals surface area contributed by atoms with Gasteiger partial charge in [0.05, 0.1) is 0 Å². The summed E-state index contributed by atoms with van der Waals surface area (Å²) in [4.78, 5) is 33.1. The monoisotopic (exact) mass is 287 g/mol. The molecule has 0 aliphatic rings. The first-order valence-corrected chi connectivity index (χ1v) is 7.02. The fraction of sp³-hybridized carbons (Fsp3) is 0.769. The van der Waals surface area contributed by atoms with Crippen LogP contribution in [0.1, 0.15) is 51.9 Å². The van der Waals surface area contributed by atoms with Gasteiger partial charge in [-0.25, -0.2) is 9.59 Å². The van der Waals surface area contributed by atoms with Gasteiger partial charge in [0.1, 0.15) is 6.04 Å². The van der Waals surface area contributed by atoms with E-state index in [1.807, 2.05) is 0 Å². The molecule has 0 aromatic carbocycles. The Hall–Kier alpha value is -1.79. The maximum Gasteiger partial charge on any atom is 0.326 e. The van der Waals surface area contributed by atoms with Gasteiger partial charge in [-0.05, 0) is 19.3 Å². The van der Waals surface area contributed by atoms with E-state index in [-0.39, 0.29) is 12.3 Å². The quantitative estimate of drug-likeness (QED) is 0.423. The Labute approximate surface area is 119 Å². The Morgan fingerprint density at radius 3 is 2.40 bits per heavy atom. The van der Waals surface area contributed by atoms with Crippen molar-refractivity contribution in [2.24, 2.45) is 5.73 Å². The summed E-state index contributed by atoms with van der Waals surface area (Å²) in [6, 6.07) is -1.56. The average molecular weight is 287 g/mol. The van der Waals surface area contributed by atoms with E-state index in [1.54, 1.807) is 0 Å². The molecule has 0 aliphatic carbocycles. The van der Waals surface area contributed by atoms with E-state index in [4.69, 9.17) is 10.8 Å². The lowest BCUT2D eigenvalue weighted by Gasteiger charge is -2.14. The average Bonchev–Trinajstić information content (AvgIpc) is 2.37. The van der Waals surface area contributed by atoms with Crippen molar-refractivity contribution in [2.75, 3.05) is 6.54 Å². The third-order valence-corrected chi connectivity index (χ3v) is 2.86. The number of nitrogens with one attached hydrogen (secondary N) is 2. The second kappa shape index (κ2) is 11.1. The minimum Gasteiger partial charge on any atom is -0.480 e. The van der Waals surface area contributed by atoms with Crippen molar-refractivity contribution in [3.05, 3.63) is 0 Å². The second-order valence-corrected chi connectivity index (χ2v) is 4.70. The van der Waals surface area contributed by atoms with Crippen LogP contribution in [0.2, 0.25) is 0 Å². The van der Waals surface area contributed by atoms with E-state index in [0.29, 0.717) is 19.4 Å². The van der Waals surface area contributed by atoms with Crippen LogP contribution < -0.4 is 16.4 Å². The summed E-state index contributed by atoms with van der Waals surface area (Å²) in [6.45, 7) is 2.38. The number of unbranched alkanes of at least 4 members (excludes halogenated alkanes) is 3. The molecule has 0 fully saturated rings. The normalized spacial score (nSPS) is 11.7. The van der Waals surface area contributed by atoms with Crippen LogP contribution in [-0.2, 0) is 9.59 Å². The number of amides is 3. The topological polar surface area (TPSA) is 122 Å². The summed E-state index contributed by atoms with van der Waals surface area (Å²) < 4.78 is 0. The van der Waals surface area contributed by atoms with Gasteiger partial charge in [-0.15, -0.1) is 0 Å². The van der Waals surface area contributed by atoms with Crippen molar-refractivity contribution in [3.8, 4) is 0 Å². The van der Waals surface area contributed by atoms with Gasteiger partial charge >= 0.3 is 12.0 Å². The molecule has 0 unspecified atom stereocenters. The maximum atomic E-state index is 11.6. The predicted octanol–water partition coefficient (Wildman–Crippen LogP) is 0.975. The van der Waals surface area contributed by atoms with Crippen LogP contribution in [0, 0.1) is 0 Å². The molecule has 0 spiro atoms. The number of carbonyl (C=O) groups excluding carboxylic acids is 2. The van der Waals surface area contributed by atoms with Crippen LogP contribution >= 0.6 is 0 Å². The number of urea groups is 1. The van der Waals surface area contributed by atoms with E-state index in [0.717, 1.165) is 25.7 Å². The smallest absolute Gasteiger partial charge is 0.326 e. The minimum absolute atomic E-state index is 0.239. The van der Waals surface area contributed by atoms with E-state index in [1.165, 1.54) is 0 Å². The molecule has 0 heterocycles. The number of primary amides is 1. The van der Waals surface area contributed by atoms with Crippen molar-refractivity contribution >= 4 is 17.9 Å². The Morgan fingerprint density at radius 1 is 1.15 bits per heavy atom. The third kappa shape index (κ3) is 10.2. The maximum absolute atomic E-state index is 11.6. The Kier molecular flexibility index (Phi) is 10.1. The number of carboxylic acid groups (broad SMARTS) is 1. The zero-order valence-corrected chi connectivity index (χ0v) is 12.0. The Balaban J connectivity index is 3.91. The van der Waals surface area contributed by atoms with Gasteiger partial charge in [0.15, 0.2) is 0 Å². The zero-order chi connectivity index (χ0) is 15.4. The second-order valence-electron chi connectivity index (χ2n) is 4.70. The van der Waals surface area contributed by atoms with Crippen LogP contribution in [-0.4, -0.2) is 35.6 Å². The summed E-state index contributed by atoms with van der Waals surface area (Å²) in [6.07, 6.45) is 4.97. The molecule has 0 radical (unpaired) electrons. The van der Waals surface area contributed by atoms with Crippen molar-refractivity contribution < 1.29 is 19.5 Å². The van der Waals surface area contributed by atoms with Crippen molar-refractivity contribution in [1.29, 1.82) is 0 Å². The molecule has 116 valence electrons. The first-order chi connectivity index (χ1) is 9.47. The number of hydrogen-bond donors (Lipinski definition) is 4. The summed E-state index contributed by atoms with van der Waals surface area (Å²) in [5, 5.41) is 13.9. The molecule has 3 amide bonds. The molecular formula is C13H25N3O4. The van der Waals surface area contributed by atoms with Gasteiger partial charge in [0.25, 0.3) is 0 Å². The summed E-state index contributed by atoms with van der Waals surface area (Å²) in [5.41, 5.74) is 4.89. The first-order valence-electron chi connectivity index (χ1n) is 7.02. The molecule has 0 saturated carbocycles. The zero-order valence-electron chi connectivity index (χ0n) is 12.0. The number of rotatable bonds is 11. The van der Waals surface area contributed by atoms with E-state index >= 15 is 0 Å². The Morgan fingerprint density at radius 2 is 1.85 bits per heavy atom. The standard InChI is InChI=1S/C13H25N3O4/c1-2-3-4-5-8-11(17)16-10(12(18)19)7-6-9-15-13(14)20/h10H,2-9H2,1H3,(H,16,17)(H,18,19)(H3,14,15,20)/t10-/m0/s1. The van der Waals surface area contributed by atoms with Crippen LogP contribution in [0.25, 0.3) is 0 Å². The molecule has 0 bridgehead atoms. The van der Waals surface area contributed by atoms with E-state index in [2.05, 4.69) is 17.6 Å². The number of nitrogens with two attached hydrogens (primary N) is 1. The Bertz CT molecular complexity index is 321. The van der Waals surface area contributed by atoms with E-state index in [9.17, 15) is 14.4 Å². The minimum atomic E-state index is -1.06. The number of carboxylic acids is 1. The highest BCUT2D eigenvalue weighted by Gasteiger charge is 2.19. The van der Waals surface area contributed by atoms with Gasteiger partial charge in [-0.3, -0.25) is 4.79 Å². The van der Waals surface area contributed by atoms with Gasteiger partial charge in [0, 0.05) is 13.0 Å². The fourth-order valence-corrected chi connectivity index (χ4v) is 1.75. The molecule has 0 aromatic rings. The number of carbonyl (C=O) groups is 3. The number of aliphatic carboxylic acids is 1. The molecule has 7 heteroatoms. The summed E-state index contributed by atoms with van der Waals surface area (Å²) >= 11 is 0. The predicted molar refractivity (Wildman–Crippen MR) is 75.1 cm³/mol. The third-order valence-electron chi connectivity index (χ3n) is 2.86. The highest BCUT2D eigenvalue weighted by atomic mass is 16.4. The molecule has 0 aliphatic heterocycles. The SMILES string of the molecule is CCCCCCC(=O)N[C@@H](CCCNC(N)=O)C(=O)O. The lowest BCUT2D eigenvalue weighted by atomic mass is 10.1. The van der Waals surface area contributed by atoms with Gasteiger partial charge in [-0.1, -0.05) is 26.2 Å².